The van der Waals surface area contributed by atoms with Crippen LogP contribution in [-0.4, -0.2) is 21.0 Å². The van der Waals surface area contributed by atoms with Gasteiger partial charge in [-0.25, -0.2) is 4.98 Å². The van der Waals surface area contributed by atoms with Crippen molar-refractivity contribution in [2.24, 2.45) is 0 Å². The van der Waals surface area contributed by atoms with Crippen molar-refractivity contribution < 1.29 is 0 Å². The lowest BCUT2D eigenvalue weighted by molar-refractivity contribution is 0.410. The molecule has 0 bridgehead atoms. The molecule has 0 amide bonds. The van der Waals surface area contributed by atoms with E-state index in [2.05, 4.69) is 32.8 Å². The van der Waals surface area contributed by atoms with Gasteiger partial charge in [0.05, 0.1) is 0 Å². The van der Waals surface area contributed by atoms with Gasteiger partial charge >= 0.3 is 0 Å². The highest BCUT2D eigenvalue weighted by Gasteiger charge is 2.25. The maximum absolute atomic E-state index is 5.93. The fourth-order valence-electron chi connectivity index (χ4n) is 3.37. The zero-order valence-corrected chi connectivity index (χ0v) is 14.0. The molecule has 0 spiro atoms. The molecule has 2 N–H and O–H groups in total. The van der Waals surface area contributed by atoms with Gasteiger partial charge in [0, 0.05) is 36.2 Å². The van der Waals surface area contributed by atoms with E-state index in [1.54, 1.807) is 0 Å². The minimum absolute atomic E-state index is 0.357. The molecule has 1 saturated carbocycles. The van der Waals surface area contributed by atoms with Crippen LogP contribution in [0.15, 0.2) is 24.5 Å². The van der Waals surface area contributed by atoms with Crippen molar-refractivity contribution in [3.8, 4) is 0 Å². The Hall–Kier alpha value is -2.17. The first-order valence-corrected chi connectivity index (χ1v) is 8.41. The summed E-state index contributed by atoms with van der Waals surface area (Å²) < 4.78 is 0. The van der Waals surface area contributed by atoms with E-state index in [9.17, 15) is 0 Å². The fourth-order valence-corrected chi connectivity index (χ4v) is 3.37. The number of hydrogen-bond acceptors (Lipinski definition) is 5. The predicted octanol–water partition coefficient (Wildman–Crippen LogP) is 3.41. The molecule has 0 radical (unpaired) electrons. The lowest BCUT2D eigenvalue weighted by Gasteiger charge is -2.36. The molecule has 2 heterocycles. The zero-order valence-electron chi connectivity index (χ0n) is 14.0. The Morgan fingerprint density at radius 2 is 1.96 bits per heavy atom. The highest BCUT2D eigenvalue weighted by Crippen LogP contribution is 2.30. The third-order valence-corrected chi connectivity index (χ3v) is 4.74. The van der Waals surface area contributed by atoms with Crippen LogP contribution in [-0.2, 0) is 6.54 Å². The van der Waals surface area contributed by atoms with Crippen molar-refractivity contribution in [3.05, 3.63) is 41.3 Å². The van der Waals surface area contributed by atoms with Crippen LogP contribution < -0.4 is 10.6 Å². The summed E-state index contributed by atoms with van der Waals surface area (Å²) in [5, 5.41) is 0. The minimum Gasteiger partial charge on any atom is -0.368 e. The Morgan fingerprint density at radius 1 is 1.17 bits per heavy atom. The second kappa shape index (κ2) is 6.94. The van der Waals surface area contributed by atoms with Crippen molar-refractivity contribution in [2.45, 2.75) is 58.5 Å². The number of hydrogen-bond donors (Lipinski definition) is 1. The summed E-state index contributed by atoms with van der Waals surface area (Å²) in [7, 11) is 0. The summed E-state index contributed by atoms with van der Waals surface area (Å²) in [6, 6.07) is 4.62. The molecule has 0 saturated heterocycles. The number of aryl methyl sites for hydroxylation is 1. The first-order valence-electron chi connectivity index (χ1n) is 8.41. The van der Waals surface area contributed by atoms with Gasteiger partial charge in [-0.3, -0.25) is 4.98 Å². The first kappa shape index (κ1) is 15.7. The predicted molar refractivity (Wildman–Crippen MR) is 93.2 cm³/mol. The molecule has 0 aliphatic heterocycles. The molecule has 0 unspecified atom stereocenters. The maximum atomic E-state index is 5.93. The van der Waals surface area contributed by atoms with Gasteiger partial charge in [0.15, 0.2) is 0 Å². The van der Waals surface area contributed by atoms with E-state index in [1.165, 1.54) is 37.7 Å². The van der Waals surface area contributed by atoms with E-state index in [1.807, 2.05) is 25.4 Å². The number of rotatable bonds is 4. The average molecular weight is 311 g/mol. The van der Waals surface area contributed by atoms with Gasteiger partial charge in [0.25, 0.3) is 0 Å². The van der Waals surface area contributed by atoms with Crippen LogP contribution in [0.25, 0.3) is 0 Å². The zero-order chi connectivity index (χ0) is 16.2. The van der Waals surface area contributed by atoms with Crippen LogP contribution in [0, 0.1) is 13.8 Å². The van der Waals surface area contributed by atoms with E-state index in [-0.39, 0.29) is 0 Å². The number of anilines is 2. The third kappa shape index (κ3) is 3.60. The molecule has 5 nitrogen and oxygen atoms in total. The summed E-state index contributed by atoms with van der Waals surface area (Å²) in [5.41, 5.74) is 9.21. The summed E-state index contributed by atoms with van der Waals surface area (Å²) in [6.45, 7) is 4.90. The van der Waals surface area contributed by atoms with Crippen molar-refractivity contribution >= 4 is 11.8 Å². The van der Waals surface area contributed by atoms with Gasteiger partial charge in [-0.15, -0.1) is 0 Å². The summed E-state index contributed by atoms with van der Waals surface area (Å²) in [5.74, 6) is 1.33. The highest BCUT2D eigenvalue weighted by molar-refractivity contribution is 5.52. The Balaban J connectivity index is 1.97. The van der Waals surface area contributed by atoms with E-state index >= 15 is 0 Å². The Bertz CT molecular complexity index is 650. The quantitative estimate of drug-likeness (QED) is 0.937. The Morgan fingerprint density at radius 3 is 2.65 bits per heavy atom. The molecule has 1 aliphatic carbocycles. The van der Waals surface area contributed by atoms with E-state index in [4.69, 9.17) is 5.73 Å². The second-order valence-electron chi connectivity index (χ2n) is 6.40. The first-order chi connectivity index (χ1) is 11.1. The van der Waals surface area contributed by atoms with Gasteiger partial charge in [0.1, 0.15) is 5.82 Å². The van der Waals surface area contributed by atoms with E-state index < -0.39 is 0 Å². The second-order valence-corrected chi connectivity index (χ2v) is 6.40. The van der Waals surface area contributed by atoms with Crippen LogP contribution in [0.2, 0.25) is 0 Å². The number of nitrogens with two attached hydrogens (primary N) is 1. The molecule has 1 fully saturated rings. The van der Waals surface area contributed by atoms with Crippen LogP contribution in [0.5, 0.6) is 0 Å². The molecular weight excluding hydrogens is 286 g/mol. The minimum atomic E-state index is 0.357. The van der Waals surface area contributed by atoms with Gasteiger partial charge in [-0.2, -0.15) is 4.98 Å². The lowest BCUT2D eigenvalue weighted by atomic mass is 9.93. The lowest BCUT2D eigenvalue weighted by Crippen LogP contribution is -2.37. The molecule has 2 aromatic heterocycles. The number of nitrogen functional groups attached to an aromatic ring is 1. The topological polar surface area (TPSA) is 67.9 Å². The standard InChI is InChI=1S/C18H25N5/c1-13-14(2)21-18(19)22-17(13)23(16-8-4-3-5-9-16)12-15-7-6-10-20-11-15/h6-7,10-11,16H,3-5,8-9,12H2,1-2H3,(H2,19,21,22). The maximum Gasteiger partial charge on any atom is 0.222 e. The highest BCUT2D eigenvalue weighted by atomic mass is 15.2. The number of nitrogens with zero attached hydrogens (tertiary/aromatic N) is 4. The number of pyridine rings is 1. The van der Waals surface area contributed by atoms with Gasteiger partial charge in [-0.05, 0) is 38.3 Å². The summed E-state index contributed by atoms with van der Waals surface area (Å²) in [4.78, 5) is 15.5. The van der Waals surface area contributed by atoms with E-state index in [0.29, 0.717) is 12.0 Å². The molecule has 122 valence electrons. The Labute approximate surface area is 138 Å². The molecule has 0 atom stereocenters. The number of aromatic nitrogens is 3. The van der Waals surface area contributed by atoms with Crippen molar-refractivity contribution in [1.29, 1.82) is 0 Å². The van der Waals surface area contributed by atoms with Crippen molar-refractivity contribution in [2.75, 3.05) is 10.6 Å². The molecular formula is C18H25N5. The molecule has 3 rings (SSSR count). The normalized spacial score (nSPS) is 15.6. The molecule has 0 aromatic carbocycles. The van der Waals surface area contributed by atoms with E-state index in [0.717, 1.165) is 23.6 Å². The summed E-state index contributed by atoms with van der Waals surface area (Å²) in [6.07, 6.45) is 10.1. The van der Waals surface area contributed by atoms with Crippen LogP contribution in [0.4, 0.5) is 11.8 Å². The fraction of sp³-hybridized carbons (Fsp3) is 0.500. The SMILES string of the molecule is Cc1nc(N)nc(N(Cc2cccnc2)C2CCCCC2)c1C. The van der Waals surface area contributed by atoms with Crippen LogP contribution in [0.1, 0.15) is 48.9 Å². The average Bonchev–Trinajstić information content (AvgIpc) is 2.58. The van der Waals surface area contributed by atoms with Gasteiger partial charge in [0.2, 0.25) is 5.95 Å². The molecule has 5 heteroatoms. The van der Waals surface area contributed by atoms with Gasteiger partial charge < -0.3 is 10.6 Å². The Kier molecular flexibility index (Phi) is 4.74. The monoisotopic (exact) mass is 311 g/mol. The molecule has 23 heavy (non-hydrogen) atoms. The van der Waals surface area contributed by atoms with Crippen LogP contribution >= 0.6 is 0 Å². The largest absolute Gasteiger partial charge is 0.368 e. The van der Waals surface area contributed by atoms with Crippen LogP contribution in [0.3, 0.4) is 0 Å². The summed E-state index contributed by atoms with van der Waals surface area (Å²) >= 11 is 0. The molecule has 1 aliphatic rings. The van der Waals surface area contributed by atoms with Crippen molar-refractivity contribution in [1.82, 2.24) is 15.0 Å². The smallest absolute Gasteiger partial charge is 0.222 e. The van der Waals surface area contributed by atoms with Crippen molar-refractivity contribution in [3.63, 3.8) is 0 Å². The molecule has 2 aromatic rings. The van der Waals surface area contributed by atoms with Gasteiger partial charge in [-0.1, -0.05) is 25.3 Å². The third-order valence-electron chi connectivity index (χ3n) is 4.74.